The molecule has 0 aliphatic rings. The smallest absolute Gasteiger partial charge is 0.252 e. The van der Waals surface area contributed by atoms with Crippen molar-refractivity contribution in [1.29, 1.82) is 0 Å². The second-order valence-electron chi connectivity index (χ2n) is 5.85. The molecule has 1 atom stereocenters. The summed E-state index contributed by atoms with van der Waals surface area (Å²) in [6.45, 7) is 5.72. The van der Waals surface area contributed by atoms with Crippen LogP contribution in [0.3, 0.4) is 0 Å². The number of hydrogen-bond acceptors (Lipinski definition) is 3. The van der Waals surface area contributed by atoms with E-state index in [4.69, 9.17) is 0 Å². The highest BCUT2D eigenvalue weighted by molar-refractivity contribution is 7.90. The normalized spacial score (nSPS) is 12.7. The molecule has 5 heteroatoms. The standard InChI is InChI=1S/C18H21NO3S/c1-12-5-6-13(2)17(11-12)18(20)19-14(3)15-7-9-16(10-8-15)23(4,21)22/h5-11,14H,1-4H3,(H,19,20)/t14-/m0/s1. The fourth-order valence-corrected chi connectivity index (χ4v) is 2.97. The van der Waals surface area contributed by atoms with Crippen molar-refractivity contribution in [2.75, 3.05) is 6.26 Å². The average Bonchev–Trinajstić information content (AvgIpc) is 2.48. The summed E-state index contributed by atoms with van der Waals surface area (Å²) in [4.78, 5) is 12.7. The number of carbonyl (C=O) groups is 1. The zero-order chi connectivity index (χ0) is 17.2. The molecule has 122 valence electrons. The van der Waals surface area contributed by atoms with Crippen molar-refractivity contribution in [1.82, 2.24) is 5.32 Å². The fraction of sp³-hybridized carbons (Fsp3) is 0.278. The van der Waals surface area contributed by atoms with Crippen molar-refractivity contribution in [3.05, 3.63) is 64.7 Å². The van der Waals surface area contributed by atoms with Crippen molar-refractivity contribution in [3.8, 4) is 0 Å². The Balaban J connectivity index is 2.17. The molecule has 1 amide bonds. The summed E-state index contributed by atoms with van der Waals surface area (Å²) in [5.41, 5.74) is 3.47. The van der Waals surface area contributed by atoms with E-state index < -0.39 is 9.84 Å². The van der Waals surface area contributed by atoms with Crippen molar-refractivity contribution in [2.24, 2.45) is 0 Å². The number of amides is 1. The van der Waals surface area contributed by atoms with E-state index in [1.165, 1.54) is 6.26 Å². The minimum atomic E-state index is -3.21. The second-order valence-corrected chi connectivity index (χ2v) is 7.87. The Kier molecular flexibility index (Phi) is 4.90. The van der Waals surface area contributed by atoms with E-state index in [-0.39, 0.29) is 16.8 Å². The van der Waals surface area contributed by atoms with Crippen molar-refractivity contribution < 1.29 is 13.2 Å². The van der Waals surface area contributed by atoms with E-state index in [1.807, 2.05) is 39.0 Å². The summed E-state index contributed by atoms with van der Waals surface area (Å²) < 4.78 is 23.0. The van der Waals surface area contributed by atoms with Crippen LogP contribution in [0.15, 0.2) is 47.4 Å². The Labute approximate surface area is 137 Å². The molecule has 0 spiro atoms. The third-order valence-electron chi connectivity index (χ3n) is 3.79. The van der Waals surface area contributed by atoms with E-state index in [0.29, 0.717) is 5.56 Å². The van der Waals surface area contributed by atoms with Crippen molar-refractivity contribution >= 4 is 15.7 Å². The predicted octanol–water partition coefficient (Wildman–Crippen LogP) is 3.20. The van der Waals surface area contributed by atoms with Gasteiger partial charge in [0, 0.05) is 11.8 Å². The lowest BCUT2D eigenvalue weighted by molar-refractivity contribution is 0.0939. The van der Waals surface area contributed by atoms with Crippen LogP contribution in [0, 0.1) is 13.8 Å². The van der Waals surface area contributed by atoms with Gasteiger partial charge in [-0.25, -0.2) is 8.42 Å². The molecule has 0 aromatic heterocycles. The largest absolute Gasteiger partial charge is 0.346 e. The number of sulfone groups is 1. The first kappa shape index (κ1) is 17.2. The van der Waals surface area contributed by atoms with Crippen LogP contribution in [0.1, 0.15) is 40.0 Å². The highest BCUT2D eigenvalue weighted by atomic mass is 32.2. The monoisotopic (exact) mass is 331 g/mol. The van der Waals surface area contributed by atoms with Gasteiger partial charge in [-0.2, -0.15) is 0 Å². The van der Waals surface area contributed by atoms with Gasteiger partial charge < -0.3 is 5.32 Å². The van der Waals surface area contributed by atoms with Crippen LogP contribution in [-0.4, -0.2) is 20.6 Å². The number of benzene rings is 2. The molecular formula is C18H21NO3S. The molecule has 1 N–H and O–H groups in total. The van der Waals surface area contributed by atoms with Crippen molar-refractivity contribution in [2.45, 2.75) is 31.7 Å². The highest BCUT2D eigenvalue weighted by Gasteiger charge is 2.14. The van der Waals surface area contributed by atoms with Gasteiger partial charge in [0.2, 0.25) is 0 Å². The zero-order valence-corrected chi connectivity index (χ0v) is 14.6. The van der Waals surface area contributed by atoms with Crippen LogP contribution in [0.25, 0.3) is 0 Å². The average molecular weight is 331 g/mol. The van der Waals surface area contributed by atoms with Crippen LogP contribution in [0.2, 0.25) is 0 Å². The summed E-state index contributed by atoms with van der Waals surface area (Å²) in [7, 11) is -3.21. The predicted molar refractivity (Wildman–Crippen MR) is 91.3 cm³/mol. The summed E-state index contributed by atoms with van der Waals surface area (Å²) in [5.74, 6) is -0.133. The van der Waals surface area contributed by atoms with Crippen LogP contribution in [0.4, 0.5) is 0 Å². The molecule has 0 bridgehead atoms. The lowest BCUT2D eigenvalue weighted by atomic mass is 10.0. The molecule has 23 heavy (non-hydrogen) atoms. The van der Waals surface area contributed by atoms with E-state index in [9.17, 15) is 13.2 Å². The van der Waals surface area contributed by atoms with Crippen LogP contribution >= 0.6 is 0 Å². The summed E-state index contributed by atoms with van der Waals surface area (Å²) in [6.07, 6.45) is 1.17. The zero-order valence-electron chi connectivity index (χ0n) is 13.8. The topological polar surface area (TPSA) is 63.2 Å². The Hall–Kier alpha value is -2.14. The van der Waals surface area contributed by atoms with Gasteiger partial charge >= 0.3 is 0 Å². The number of nitrogens with one attached hydrogen (secondary N) is 1. The Morgan fingerprint density at radius 2 is 1.65 bits per heavy atom. The van der Waals surface area contributed by atoms with Gasteiger partial charge in [0.25, 0.3) is 5.91 Å². The fourth-order valence-electron chi connectivity index (χ4n) is 2.34. The molecule has 2 rings (SSSR count). The number of carbonyl (C=O) groups excluding carboxylic acids is 1. The molecule has 0 radical (unpaired) electrons. The lowest BCUT2D eigenvalue weighted by Gasteiger charge is -2.16. The molecule has 0 saturated carbocycles. The SMILES string of the molecule is Cc1ccc(C)c(C(=O)N[C@@H](C)c2ccc(S(C)(=O)=O)cc2)c1. The first-order valence-corrected chi connectivity index (χ1v) is 9.26. The van der Waals surface area contributed by atoms with Crippen LogP contribution in [0.5, 0.6) is 0 Å². The summed E-state index contributed by atoms with van der Waals surface area (Å²) in [5, 5.41) is 2.95. The summed E-state index contributed by atoms with van der Waals surface area (Å²) in [6, 6.07) is 12.1. The van der Waals surface area contributed by atoms with Gasteiger partial charge in [-0.15, -0.1) is 0 Å². The molecule has 0 aliphatic carbocycles. The van der Waals surface area contributed by atoms with Gasteiger partial charge in [-0.1, -0.05) is 29.8 Å². The van der Waals surface area contributed by atoms with E-state index in [0.717, 1.165) is 16.7 Å². The number of rotatable bonds is 4. The quantitative estimate of drug-likeness (QED) is 0.936. The minimum Gasteiger partial charge on any atom is -0.346 e. The molecule has 0 fully saturated rings. The van der Waals surface area contributed by atoms with E-state index >= 15 is 0 Å². The number of hydrogen-bond donors (Lipinski definition) is 1. The maximum absolute atomic E-state index is 12.4. The van der Waals surface area contributed by atoms with Gasteiger partial charge in [-0.3, -0.25) is 4.79 Å². The first-order chi connectivity index (χ1) is 10.7. The Morgan fingerprint density at radius 3 is 2.22 bits per heavy atom. The number of aryl methyl sites for hydroxylation is 2. The Bertz CT molecular complexity index is 824. The van der Waals surface area contributed by atoms with Crippen molar-refractivity contribution in [3.63, 3.8) is 0 Å². The van der Waals surface area contributed by atoms with Gasteiger partial charge in [-0.05, 0) is 50.1 Å². The van der Waals surface area contributed by atoms with Gasteiger partial charge in [0.05, 0.1) is 10.9 Å². The molecule has 0 aliphatic heterocycles. The minimum absolute atomic E-state index is 0.133. The maximum atomic E-state index is 12.4. The molecule has 2 aromatic carbocycles. The molecule has 0 heterocycles. The van der Waals surface area contributed by atoms with Crippen LogP contribution in [-0.2, 0) is 9.84 Å². The van der Waals surface area contributed by atoms with E-state index in [2.05, 4.69) is 5.32 Å². The van der Waals surface area contributed by atoms with Crippen LogP contribution < -0.4 is 5.32 Å². The molecule has 0 unspecified atom stereocenters. The maximum Gasteiger partial charge on any atom is 0.252 e. The molecule has 4 nitrogen and oxygen atoms in total. The third kappa shape index (κ3) is 4.20. The molecule has 2 aromatic rings. The lowest BCUT2D eigenvalue weighted by Crippen LogP contribution is -2.27. The van der Waals surface area contributed by atoms with Gasteiger partial charge in [0.15, 0.2) is 9.84 Å². The second kappa shape index (κ2) is 6.54. The summed E-state index contributed by atoms with van der Waals surface area (Å²) >= 11 is 0. The van der Waals surface area contributed by atoms with Gasteiger partial charge in [0.1, 0.15) is 0 Å². The molecular weight excluding hydrogens is 310 g/mol. The Morgan fingerprint density at radius 1 is 1.04 bits per heavy atom. The first-order valence-electron chi connectivity index (χ1n) is 7.36. The molecule has 0 saturated heterocycles. The van der Waals surface area contributed by atoms with E-state index in [1.54, 1.807) is 24.3 Å². The highest BCUT2D eigenvalue weighted by Crippen LogP contribution is 2.18. The third-order valence-corrected chi connectivity index (χ3v) is 4.92.